The second-order valence-corrected chi connectivity index (χ2v) is 11.8. The topological polar surface area (TPSA) is 90.0 Å². The van der Waals surface area contributed by atoms with Gasteiger partial charge in [0.1, 0.15) is 9.75 Å². The largest absolute Gasteiger partial charge is 0.326 e. The van der Waals surface area contributed by atoms with Gasteiger partial charge in [0.15, 0.2) is 0 Å². The van der Waals surface area contributed by atoms with Crippen LogP contribution in [0.15, 0.2) is 16.3 Å². The van der Waals surface area contributed by atoms with E-state index in [1.165, 1.54) is 15.3 Å². The van der Waals surface area contributed by atoms with E-state index < -0.39 is 15.6 Å². The molecule has 1 N–H and O–H groups in total. The first-order valence-corrected chi connectivity index (χ1v) is 12.6. The van der Waals surface area contributed by atoms with Crippen LogP contribution in [0.2, 0.25) is 4.34 Å². The molecule has 8 nitrogen and oxygen atoms in total. The Morgan fingerprint density at radius 1 is 1.03 bits per heavy atom. The van der Waals surface area contributed by atoms with E-state index in [1.54, 1.807) is 6.07 Å². The van der Waals surface area contributed by atoms with Crippen molar-refractivity contribution in [1.29, 1.82) is 0 Å². The fraction of sp³-hybridized carbons (Fsp3) is 0.667. The summed E-state index contributed by atoms with van der Waals surface area (Å²) < 4.78 is 27.6. The van der Waals surface area contributed by atoms with Crippen LogP contribution in [0.4, 0.5) is 4.79 Å². The van der Waals surface area contributed by atoms with Gasteiger partial charge < -0.3 is 5.32 Å². The number of nitrogens with one attached hydrogen (secondary N) is 1. The van der Waals surface area contributed by atoms with Gasteiger partial charge in [0.25, 0.3) is 15.9 Å². The van der Waals surface area contributed by atoms with Gasteiger partial charge in [0.05, 0.1) is 11.0 Å². The molecule has 1 aromatic rings. The Balaban J connectivity index is 1.37. The van der Waals surface area contributed by atoms with Crippen LogP contribution in [0.1, 0.15) is 38.5 Å². The molecule has 0 bridgehead atoms. The number of hydrogen-bond acceptors (Lipinski definition) is 6. The number of piperazine rings is 1. The van der Waals surface area contributed by atoms with E-state index in [2.05, 4.69) is 5.32 Å². The first kappa shape index (κ1) is 21.0. The molecule has 3 fully saturated rings. The zero-order chi connectivity index (χ0) is 20.6. The standard InChI is InChI=1S/C18H25ClN4O4S2/c19-14-5-6-15(28-14)29(26,27)22-11-9-21(10-12-22)13-23-16(24)18(20-17(23)25)7-3-1-2-4-8-18/h5-6H,1-4,7-13H2,(H,20,25). The number of amides is 3. The van der Waals surface area contributed by atoms with E-state index in [0.717, 1.165) is 37.0 Å². The fourth-order valence-corrected chi connectivity index (χ4v) is 7.41. The summed E-state index contributed by atoms with van der Waals surface area (Å²) in [5, 5.41) is 2.95. The summed E-state index contributed by atoms with van der Waals surface area (Å²) in [5.41, 5.74) is -0.739. The maximum absolute atomic E-state index is 13.0. The van der Waals surface area contributed by atoms with E-state index >= 15 is 0 Å². The highest BCUT2D eigenvalue weighted by Crippen LogP contribution is 2.33. The molecule has 1 saturated carbocycles. The van der Waals surface area contributed by atoms with Crippen LogP contribution in [-0.2, 0) is 14.8 Å². The molecule has 1 spiro atoms. The second-order valence-electron chi connectivity index (χ2n) is 7.88. The molecule has 1 aliphatic carbocycles. The van der Waals surface area contributed by atoms with Gasteiger partial charge in [-0.05, 0) is 25.0 Å². The van der Waals surface area contributed by atoms with Crippen molar-refractivity contribution in [2.75, 3.05) is 32.8 Å². The van der Waals surface area contributed by atoms with E-state index in [4.69, 9.17) is 11.6 Å². The van der Waals surface area contributed by atoms with Gasteiger partial charge in [-0.25, -0.2) is 18.1 Å². The zero-order valence-corrected chi connectivity index (χ0v) is 18.5. The van der Waals surface area contributed by atoms with Crippen LogP contribution < -0.4 is 5.32 Å². The SMILES string of the molecule is O=C1NC2(CCCCCC2)C(=O)N1CN1CCN(S(=O)(=O)c2ccc(Cl)s2)CC1. The second kappa shape index (κ2) is 8.14. The average Bonchev–Trinajstić information content (AvgIpc) is 3.12. The third kappa shape index (κ3) is 4.05. The third-order valence-corrected chi connectivity index (χ3v) is 9.62. The molecule has 3 heterocycles. The van der Waals surface area contributed by atoms with Crippen molar-refractivity contribution >= 4 is 44.9 Å². The number of nitrogens with zero attached hydrogens (tertiary/aromatic N) is 3. The first-order chi connectivity index (χ1) is 13.8. The minimum Gasteiger partial charge on any atom is -0.323 e. The van der Waals surface area contributed by atoms with Crippen LogP contribution >= 0.6 is 22.9 Å². The van der Waals surface area contributed by atoms with Crippen LogP contribution in [0.5, 0.6) is 0 Å². The van der Waals surface area contributed by atoms with Gasteiger partial charge in [0.2, 0.25) is 0 Å². The summed E-state index contributed by atoms with van der Waals surface area (Å²) in [6.45, 7) is 1.75. The summed E-state index contributed by atoms with van der Waals surface area (Å²) in [5.74, 6) is -0.132. The number of sulfonamides is 1. The monoisotopic (exact) mass is 460 g/mol. The van der Waals surface area contributed by atoms with Crippen LogP contribution in [0.25, 0.3) is 0 Å². The number of carbonyl (C=O) groups excluding carboxylic acids is 2. The molecule has 0 aromatic carbocycles. The Morgan fingerprint density at radius 3 is 2.28 bits per heavy atom. The van der Waals surface area contributed by atoms with Gasteiger partial charge in [-0.15, -0.1) is 11.3 Å². The highest BCUT2D eigenvalue weighted by atomic mass is 35.5. The average molecular weight is 461 g/mol. The molecule has 0 radical (unpaired) electrons. The molecule has 3 aliphatic rings. The summed E-state index contributed by atoms with van der Waals surface area (Å²) in [7, 11) is -3.56. The number of thiophene rings is 1. The van der Waals surface area contributed by atoms with E-state index in [-0.39, 0.29) is 22.8 Å². The number of halogens is 1. The normalized spacial score (nSPS) is 24.1. The van der Waals surface area contributed by atoms with Crippen molar-refractivity contribution < 1.29 is 18.0 Å². The van der Waals surface area contributed by atoms with Crippen molar-refractivity contribution in [3.63, 3.8) is 0 Å². The van der Waals surface area contributed by atoms with E-state index in [1.807, 2.05) is 4.90 Å². The molecular weight excluding hydrogens is 436 g/mol. The number of imide groups is 1. The lowest BCUT2D eigenvalue weighted by atomic mass is 9.90. The minimum absolute atomic E-state index is 0.132. The number of carbonyl (C=O) groups is 2. The minimum atomic E-state index is -3.56. The maximum atomic E-state index is 13.0. The van der Waals surface area contributed by atoms with Gasteiger partial charge in [-0.3, -0.25) is 9.69 Å². The quantitative estimate of drug-likeness (QED) is 0.696. The molecule has 29 heavy (non-hydrogen) atoms. The molecule has 160 valence electrons. The molecule has 0 unspecified atom stereocenters. The zero-order valence-electron chi connectivity index (χ0n) is 16.1. The molecule has 1 aromatic heterocycles. The van der Waals surface area contributed by atoms with Crippen LogP contribution in [-0.4, -0.2) is 72.8 Å². The fourth-order valence-electron chi connectivity index (χ4n) is 4.35. The van der Waals surface area contributed by atoms with E-state index in [9.17, 15) is 18.0 Å². The smallest absolute Gasteiger partial charge is 0.323 e. The molecule has 3 amide bonds. The highest BCUT2D eigenvalue weighted by Gasteiger charge is 2.51. The van der Waals surface area contributed by atoms with Crippen molar-refractivity contribution in [2.45, 2.75) is 48.3 Å². The van der Waals surface area contributed by atoms with Crippen molar-refractivity contribution in [1.82, 2.24) is 19.4 Å². The highest BCUT2D eigenvalue weighted by molar-refractivity contribution is 7.91. The van der Waals surface area contributed by atoms with Gasteiger partial charge in [0, 0.05) is 26.2 Å². The van der Waals surface area contributed by atoms with Gasteiger partial charge in [-0.2, -0.15) is 4.31 Å². The predicted molar refractivity (Wildman–Crippen MR) is 110 cm³/mol. The predicted octanol–water partition coefficient (Wildman–Crippen LogP) is 2.31. The van der Waals surface area contributed by atoms with E-state index in [0.29, 0.717) is 43.4 Å². The number of rotatable bonds is 4. The molecule has 11 heteroatoms. The molecule has 2 saturated heterocycles. The number of hydrogen-bond donors (Lipinski definition) is 1. The van der Waals surface area contributed by atoms with Gasteiger partial charge >= 0.3 is 6.03 Å². The number of urea groups is 1. The lowest BCUT2D eigenvalue weighted by molar-refractivity contribution is -0.133. The lowest BCUT2D eigenvalue weighted by Gasteiger charge is -2.35. The first-order valence-electron chi connectivity index (χ1n) is 9.94. The summed E-state index contributed by atoms with van der Waals surface area (Å²) in [4.78, 5) is 28.8. The molecule has 4 rings (SSSR count). The Labute approximate surface area is 179 Å². The Bertz CT molecular complexity index is 887. The van der Waals surface area contributed by atoms with Crippen molar-refractivity contribution in [2.24, 2.45) is 0 Å². The maximum Gasteiger partial charge on any atom is 0.326 e. The Hall–Kier alpha value is -1.20. The van der Waals surface area contributed by atoms with Crippen molar-refractivity contribution in [3.8, 4) is 0 Å². The molecule has 0 atom stereocenters. The Morgan fingerprint density at radius 2 is 1.69 bits per heavy atom. The van der Waals surface area contributed by atoms with Gasteiger partial charge in [-0.1, -0.05) is 37.3 Å². The molecule has 2 aliphatic heterocycles. The van der Waals surface area contributed by atoms with Crippen LogP contribution in [0, 0.1) is 0 Å². The Kier molecular flexibility index (Phi) is 5.91. The molecular formula is C18H25ClN4O4S2. The summed E-state index contributed by atoms with van der Waals surface area (Å²) >= 11 is 6.92. The third-order valence-electron chi connectivity index (χ3n) is 6.02. The summed E-state index contributed by atoms with van der Waals surface area (Å²) in [6, 6.07) is 2.77. The lowest BCUT2D eigenvalue weighted by Crippen LogP contribution is -2.53. The summed E-state index contributed by atoms with van der Waals surface area (Å²) in [6.07, 6.45) is 5.48. The van der Waals surface area contributed by atoms with Crippen molar-refractivity contribution in [3.05, 3.63) is 16.5 Å². The van der Waals surface area contributed by atoms with Crippen LogP contribution in [0.3, 0.4) is 0 Å².